The first-order valence-electron chi connectivity index (χ1n) is 6.54. The number of carbonyl (C=O) groups is 1. The van der Waals surface area contributed by atoms with E-state index in [1.807, 2.05) is 19.9 Å². The zero-order chi connectivity index (χ0) is 14.2. The van der Waals surface area contributed by atoms with E-state index in [1.54, 1.807) is 6.07 Å². The Morgan fingerprint density at radius 3 is 2.68 bits per heavy atom. The van der Waals surface area contributed by atoms with Gasteiger partial charge in [0.1, 0.15) is 16.9 Å². The van der Waals surface area contributed by atoms with Crippen molar-refractivity contribution in [2.24, 2.45) is 0 Å². The van der Waals surface area contributed by atoms with Gasteiger partial charge in [-0.1, -0.05) is 0 Å². The minimum absolute atomic E-state index is 0.292. The van der Waals surface area contributed by atoms with Crippen LogP contribution in [0.2, 0.25) is 0 Å². The van der Waals surface area contributed by atoms with Crippen molar-refractivity contribution in [1.29, 1.82) is 0 Å². The highest BCUT2D eigenvalue weighted by atomic mass is 16.5. The largest absolute Gasteiger partial charge is 0.486 e. The molecule has 0 atom stereocenters. The van der Waals surface area contributed by atoms with Gasteiger partial charge in [-0.25, -0.2) is 4.79 Å². The molecule has 19 heavy (non-hydrogen) atoms. The van der Waals surface area contributed by atoms with Gasteiger partial charge in [-0.15, -0.1) is 0 Å². The molecular weight excluding hydrogens is 242 g/mol. The Labute approximate surface area is 114 Å². The molecule has 4 heteroatoms. The summed E-state index contributed by atoms with van der Waals surface area (Å²) < 4.78 is 10.7. The average Bonchev–Trinajstić information content (AvgIpc) is 2.63. The Morgan fingerprint density at radius 1 is 1.42 bits per heavy atom. The fraction of sp³-hybridized carbons (Fsp3) is 0.533. The van der Waals surface area contributed by atoms with Crippen LogP contribution in [0.3, 0.4) is 0 Å². The minimum Gasteiger partial charge on any atom is -0.486 e. The standard InChI is InChI=1S/C15H21NO3/c1-9(2)16-12-7-6-10(14(17)18-5)13-11(12)8-15(3,4)19-13/h6-7,9,16H,8H2,1-5H3. The van der Waals surface area contributed by atoms with Crippen molar-refractivity contribution < 1.29 is 14.3 Å². The molecule has 4 nitrogen and oxygen atoms in total. The second-order valence-corrected chi connectivity index (χ2v) is 5.80. The van der Waals surface area contributed by atoms with E-state index < -0.39 is 0 Å². The van der Waals surface area contributed by atoms with Crippen molar-refractivity contribution in [2.75, 3.05) is 12.4 Å². The van der Waals surface area contributed by atoms with E-state index in [2.05, 4.69) is 19.2 Å². The Bertz CT molecular complexity index is 506. The lowest BCUT2D eigenvalue weighted by molar-refractivity contribution is 0.0590. The summed E-state index contributed by atoms with van der Waals surface area (Å²) in [5, 5.41) is 3.39. The predicted molar refractivity (Wildman–Crippen MR) is 75.0 cm³/mol. The first-order valence-corrected chi connectivity index (χ1v) is 6.54. The molecule has 0 bridgehead atoms. The molecule has 0 saturated heterocycles. The molecule has 0 saturated carbocycles. The fourth-order valence-corrected chi connectivity index (χ4v) is 2.37. The maximum atomic E-state index is 11.8. The predicted octanol–water partition coefficient (Wildman–Crippen LogP) is 3.01. The van der Waals surface area contributed by atoms with Crippen molar-refractivity contribution in [3.05, 3.63) is 23.3 Å². The first kappa shape index (κ1) is 13.7. The lowest BCUT2D eigenvalue weighted by atomic mass is 9.98. The molecule has 0 aromatic heterocycles. The number of hydrogen-bond acceptors (Lipinski definition) is 4. The molecule has 1 aromatic carbocycles. The molecule has 1 aliphatic rings. The van der Waals surface area contributed by atoms with E-state index >= 15 is 0 Å². The van der Waals surface area contributed by atoms with Crippen molar-refractivity contribution in [3.8, 4) is 5.75 Å². The molecule has 1 aromatic rings. The summed E-state index contributed by atoms with van der Waals surface area (Å²) in [5.74, 6) is 0.299. The topological polar surface area (TPSA) is 47.6 Å². The van der Waals surface area contributed by atoms with Gasteiger partial charge in [0, 0.05) is 23.7 Å². The zero-order valence-electron chi connectivity index (χ0n) is 12.2. The maximum Gasteiger partial charge on any atom is 0.341 e. The van der Waals surface area contributed by atoms with Crippen molar-refractivity contribution >= 4 is 11.7 Å². The van der Waals surface area contributed by atoms with Crippen LogP contribution in [0.5, 0.6) is 5.75 Å². The van der Waals surface area contributed by atoms with Crippen LogP contribution in [0.25, 0.3) is 0 Å². The van der Waals surface area contributed by atoms with Gasteiger partial charge >= 0.3 is 5.97 Å². The number of carbonyl (C=O) groups excluding carboxylic acids is 1. The Hall–Kier alpha value is -1.71. The molecule has 0 radical (unpaired) electrons. The van der Waals surface area contributed by atoms with Crippen molar-refractivity contribution in [1.82, 2.24) is 0 Å². The van der Waals surface area contributed by atoms with Gasteiger partial charge in [0.15, 0.2) is 0 Å². The average molecular weight is 263 g/mol. The lowest BCUT2D eigenvalue weighted by Gasteiger charge is -2.17. The summed E-state index contributed by atoms with van der Waals surface area (Å²) in [5.41, 5.74) is 2.29. The monoisotopic (exact) mass is 263 g/mol. The quantitative estimate of drug-likeness (QED) is 0.852. The van der Waals surface area contributed by atoms with Crippen LogP contribution in [0, 0.1) is 0 Å². The minimum atomic E-state index is -0.356. The third-order valence-electron chi connectivity index (χ3n) is 3.09. The van der Waals surface area contributed by atoms with Gasteiger partial charge in [-0.05, 0) is 39.8 Å². The SMILES string of the molecule is COC(=O)c1ccc(NC(C)C)c2c1OC(C)(C)C2. The van der Waals surface area contributed by atoms with Gasteiger partial charge in [-0.3, -0.25) is 0 Å². The van der Waals surface area contributed by atoms with Crippen LogP contribution in [0.4, 0.5) is 5.69 Å². The van der Waals surface area contributed by atoms with Crippen LogP contribution >= 0.6 is 0 Å². The molecule has 2 rings (SSSR count). The molecule has 0 amide bonds. The molecule has 1 heterocycles. The highest BCUT2D eigenvalue weighted by Gasteiger charge is 2.35. The first-order chi connectivity index (χ1) is 8.84. The number of fused-ring (bicyclic) bond motifs is 1. The number of methoxy groups -OCH3 is 1. The number of ether oxygens (including phenoxy) is 2. The Morgan fingerprint density at radius 2 is 2.11 bits per heavy atom. The van der Waals surface area contributed by atoms with E-state index in [0.29, 0.717) is 17.4 Å². The maximum absolute atomic E-state index is 11.8. The van der Waals surface area contributed by atoms with Crippen molar-refractivity contribution in [2.45, 2.75) is 45.8 Å². The number of hydrogen-bond donors (Lipinski definition) is 1. The van der Waals surface area contributed by atoms with Crippen LogP contribution in [-0.4, -0.2) is 24.7 Å². The van der Waals surface area contributed by atoms with E-state index in [9.17, 15) is 4.79 Å². The van der Waals surface area contributed by atoms with Gasteiger partial charge < -0.3 is 14.8 Å². The summed E-state index contributed by atoms with van der Waals surface area (Å²) >= 11 is 0. The number of rotatable bonds is 3. The molecule has 0 aliphatic carbocycles. The number of benzene rings is 1. The number of nitrogens with one attached hydrogen (secondary N) is 1. The van der Waals surface area contributed by atoms with Gasteiger partial charge in [-0.2, -0.15) is 0 Å². The summed E-state index contributed by atoms with van der Waals surface area (Å²) in [6.45, 7) is 8.21. The molecular formula is C15H21NO3. The summed E-state index contributed by atoms with van der Waals surface area (Å²) in [6.07, 6.45) is 0.780. The lowest BCUT2D eigenvalue weighted by Crippen LogP contribution is -2.25. The summed E-state index contributed by atoms with van der Waals surface area (Å²) in [7, 11) is 1.38. The Balaban J connectivity index is 2.49. The van der Waals surface area contributed by atoms with E-state index in [0.717, 1.165) is 17.7 Å². The summed E-state index contributed by atoms with van der Waals surface area (Å²) in [6, 6.07) is 4.02. The number of anilines is 1. The van der Waals surface area contributed by atoms with Gasteiger partial charge in [0.05, 0.1) is 7.11 Å². The van der Waals surface area contributed by atoms with Crippen molar-refractivity contribution in [3.63, 3.8) is 0 Å². The van der Waals surface area contributed by atoms with E-state index in [-0.39, 0.29) is 11.6 Å². The molecule has 1 aliphatic heterocycles. The van der Waals surface area contributed by atoms with Crippen LogP contribution in [0.1, 0.15) is 43.6 Å². The van der Waals surface area contributed by atoms with Crippen LogP contribution in [-0.2, 0) is 11.2 Å². The van der Waals surface area contributed by atoms with Gasteiger partial charge in [0.2, 0.25) is 0 Å². The normalized spacial score (nSPS) is 15.9. The molecule has 0 unspecified atom stereocenters. The second-order valence-electron chi connectivity index (χ2n) is 5.80. The smallest absolute Gasteiger partial charge is 0.341 e. The third kappa shape index (κ3) is 2.67. The van der Waals surface area contributed by atoms with Crippen LogP contribution < -0.4 is 10.1 Å². The van der Waals surface area contributed by atoms with E-state index in [4.69, 9.17) is 9.47 Å². The second kappa shape index (κ2) is 4.76. The molecule has 1 N–H and O–H groups in total. The molecule has 0 spiro atoms. The number of esters is 1. The summed E-state index contributed by atoms with van der Waals surface area (Å²) in [4.78, 5) is 11.8. The van der Waals surface area contributed by atoms with Gasteiger partial charge in [0.25, 0.3) is 0 Å². The fourth-order valence-electron chi connectivity index (χ4n) is 2.37. The highest BCUT2D eigenvalue weighted by Crippen LogP contribution is 2.42. The highest BCUT2D eigenvalue weighted by molar-refractivity contribution is 5.94. The van der Waals surface area contributed by atoms with Crippen LogP contribution in [0.15, 0.2) is 12.1 Å². The zero-order valence-corrected chi connectivity index (χ0v) is 12.2. The molecule has 0 fully saturated rings. The Kier molecular flexibility index (Phi) is 3.43. The van der Waals surface area contributed by atoms with E-state index in [1.165, 1.54) is 7.11 Å². The third-order valence-corrected chi connectivity index (χ3v) is 3.09. The molecule has 104 valence electrons.